The maximum Gasteiger partial charge on any atom is 0.219 e. The van der Waals surface area contributed by atoms with E-state index in [1.54, 1.807) is 19.2 Å². The van der Waals surface area contributed by atoms with Crippen molar-refractivity contribution in [2.45, 2.75) is 6.92 Å². The molecule has 0 unspecified atom stereocenters. The van der Waals surface area contributed by atoms with Crippen LogP contribution in [0.2, 0.25) is 5.15 Å². The van der Waals surface area contributed by atoms with Crippen LogP contribution in [0.3, 0.4) is 0 Å². The SMILES string of the molecule is CC(=O)N1CC(C[NH+]=CC(=CN)c2cnc3ccc(Cl)nc3c2)C1. The zero-order valence-electron chi connectivity index (χ0n) is 13.4. The van der Waals surface area contributed by atoms with Gasteiger partial charge in [-0.25, -0.2) is 9.98 Å². The Balaban J connectivity index is 1.68. The van der Waals surface area contributed by atoms with Gasteiger partial charge in [-0.3, -0.25) is 9.78 Å². The Hall–Kier alpha value is -2.47. The molecule has 1 amide bonds. The van der Waals surface area contributed by atoms with Gasteiger partial charge in [0.25, 0.3) is 0 Å². The van der Waals surface area contributed by atoms with Gasteiger partial charge in [0.15, 0.2) is 6.21 Å². The molecule has 0 atom stereocenters. The highest BCUT2D eigenvalue weighted by Crippen LogP contribution is 2.18. The highest BCUT2D eigenvalue weighted by atomic mass is 35.5. The van der Waals surface area contributed by atoms with Crippen LogP contribution >= 0.6 is 11.6 Å². The zero-order chi connectivity index (χ0) is 17.1. The van der Waals surface area contributed by atoms with Crippen molar-refractivity contribution in [3.8, 4) is 0 Å². The first-order chi connectivity index (χ1) is 11.6. The van der Waals surface area contributed by atoms with Crippen LogP contribution in [0.25, 0.3) is 16.6 Å². The van der Waals surface area contributed by atoms with E-state index in [1.165, 1.54) is 6.20 Å². The molecule has 1 aliphatic rings. The van der Waals surface area contributed by atoms with Gasteiger partial charge in [0.05, 0.1) is 22.5 Å². The zero-order valence-corrected chi connectivity index (χ0v) is 14.1. The average Bonchev–Trinajstić information content (AvgIpc) is 2.52. The molecule has 3 heterocycles. The van der Waals surface area contributed by atoms with Gasteiger partial charge >= 0.3 is 0 Å². The number of allylic oxidation sites excluding steroid dienone is 1. The third-order valence-corrected chi connectivity index (χ3v) is 4.29. The van der Waals surface area contributed by atoms with Crippen molar-refractivity contribution in [2.24, 2.45) is 11.7 Å². The van der Waals surface area contributed by atoms with Crippen molar-refractivity contribution in [2.75, 3.05) is 19.6 Å². The van der Waals surface area contributed by atoms with Gasteiger partial charge < -0.3 is 10.6 Å². The lowest BCUT2D eigenvalue weighted by atomic mass is 10.0. The average molecular weight is 345 g/mol. The number of amides is 1. The van der Waals surface area contributed by atoms with Gasteiger partial charge in [0.2, 0.25) is 5.91 Å². The number of nitrogens with one attached hydrogen (secondary N) is 1. The summed E-state index contributed by atoms with van der Waals surface area (Å²) >= 11 is 5.93. The van der Waals surface area contributed by atoms with Gasteiger partial charge in [0, 0.05) is 38.0 Å². The number of likely N-dealkylation sites (tertiary alicyclic amines) is 1. The summed E-state index contributed by atoms with van der Waals surface area (Å²) in [5.74, 6) is 0.602. The molecule has 1 aliphatic heterocycles. The fourth-order valence-corrected chi connectivity index (χ4v) is 2.81. The molecule has 3 N–H and O–H groups in total. The van der Waals surface area contributed by atoms with E-state index in [-0.39, 0.29) is 5.91 Å². The molecule has 6 nitrogen and oxygen atoms in total. The third kappa shape index (κ3) is 3.54. The molecule has 1 saturated heterocycles. The van der Waals surface area contributed by atoms with Crippen LogP contribution in [-0.2, 0) is 4.79 Å². The molecule has 124 valence electrons. The summed E-state index contributed by atoms with van der Waals surface area (Å²) in [5.41, 5.74) is 8.95. The van der Waals surface area contributed by atoms with Gasteiger partial charge in [-0.2, -0.15) is 0 Å². The number of rotatable bonds is 4. The molecule has 2 aromatic rings. The van der Waals surface area contributed by atoms with E-state index in [2.05, 4.69) is 15.0 Å². The van der Waals surface area contributed by atoms with Crippen LogP contribution in [-0.4, -0.2) is 46.6 Å². The number of carbonyl (C=O) groups excluding carboxylic acids is 1. The Kier molecular flexibility index (Phi) is 4.76. The lowest BCUT2D eigenvalue weighted by molar-refractivity contribution is -0.463. The van der Waals surface area contributed by atoms with Gasteiger partial charge in [0.1, 0.15) is 11.7 Å². The molecule has 0 aromatic carbocycles. The molecule has 0 aliphatic carbocycles. The highest BCUT2D eigenvalue weighted by molar-refractivity contribution is 6.29. The Morgan fingerprint density at radius 1 is 1.46 bits per heavy atom. The number of hydrogen-bond donors (Lipinski definition) is 2. The van der Waals surface area contributed by atoms with Crippen molar-refractivity contribution in [1.29, 1.82) is 0 Å². The fraction of sp³-hybridized carbons (Fsp3) is 0.294. The predicted molar refractivity (Wildman–Crippen MR) is 94.4 cm³/mol. The number of nitrogens with two attached hydrogens (primary N) is 1. The maximum absolute atomic E-state index is 11.2. The first-order valence-electron chi connectivity index (χ1n) is 7.73. The number of halogens is 1. The Morgan fingerprint density at radius 3 is 2.96 bits per heavy atom. The van der Waals surface area contributed by atoms with Crippen molar-refractivity contribution < 1.29 is 9.79 Å². The number of aromatic nitrogens is 2. The molecule has 0 spiro atoms. The second-order valence-electron chi connectivity index (χ2n) is 5.86. The summed E-state index contributed by atoms with van der Waals surface area (Å²) in [5, 5.41) is 0.432. The van der Waals surface area contributed by atoms with Crippen molar-refractivity contribution in [3.05, 3.63) is 41.3 Å². The van der Waals surface area contributed by atoms with E-state index >= 15 is 0 Å². The minimum atomic E-state index is 0.131. The quantitative estimate of drug-likeness (QED) is 0.613. The van der Waals surface area contributed by atoms with E-state index < -0.39 is 0 Å². The topological polar surface area (TPSA) is 86.1 Å². The van der Waals surface area contributed by atoms with Crippen LogP contribution in [0.15, 0.2) is 30.6 Å². The predicted octanol–water partition coefficient (Wildman–Crippen LogP) is 0.213. The van der Waals surface area contributed by atoms with E-state index in [9.17, 15) is 4.79 Å². The highest BCUT2D eigenvalue weighted by Gasteiger charge is 2.29. The standard InChI is InChI=1S/C17H18ClN5O/c1-11(24)23-9-12(10-23)6-20-7-14(5-19)13-4-16-15(21-8-13)2-3-17(18)22-16/h2-5,7-8,12H,6,9-10,19H2,1H3/p+1. The van der Waals surface area contributed by atoms with Gasteiger partial charge in [-0.15, -0.1) is 0 Å². The molecule has 24 heavy (non-hydrogen) atoms. The number of fused-ring (bicyclic) bond motifs is 1. The Bertz CT molecular complexity index is 827. The van der Waals surface area contributed by atoms with Crippen LogP contribution in [0.4, 0.5) is 0 Å². The summed E-state index contributed by atoms with van der Waals surface area (Å²) in [7, 11) is 0. The van der Waals surface area contributed by atoms with E-state index in [0.29, 0.717) is 11.1 Å². The second-order valence-corrected chi connectivity index (χ2v) is 6.25. The summed E-state index contributed by atoms with van der Waals surface area (Å²) < 4.78 is 0. The van der Waals surface area contributed by atoms with Crippen molar-refractivity contribution in [3.63, 3.8) is 0 Å². The lowest BCUT2D eigenvalue weighted by Crippen LogP contribution is -2.74. The molecular formula is C17H19ClN5O+. The van der Waals surface area contributed by atoms with E-state index in [1.807, 2.05) is 23.2 Å². The summed E-state index contributed by atoms with van der Waals surface area (Å²) in [4.78, 5) is 24.9. The second kappa shape index (κ2) is 6.97. The minimum absolute atomic E-state index is 0.131. The monoisotopic (exact) mass is 344 g/mol. The van der Waals surface area contributed by atoms with Crippen molar-refractivity contribution >= 4 is 40.3 Å². The summed E-state index contributed by atoms with van der Waals surface area (Å²) in [6, 6.07) is 5.46. The van der Waals surface area contributed by atoms with Crippen LogP contribution < -0.4 is 10.7 Å². The number of hydrogen-bond acceptors (Lipinski definition) is 4. The largest absolute Gasteiger partial charge is 0.404 e. The molecule has 0 saturated carbocycles. The number of carbonyl (C=O) groups is 1. The molecule has 1 fully saturated rings. The molecule has 3 rings (SSSR count). The molecule has 0 bridgehead atoms. The van der Waals surface area contributed by atoms with Crippen LogP contribution in [0, 0.1) is 5.92 Å². The minimum Gasteiger partial charge on any atom is -0.404 e. The molecule has 0 radical (unpaired) electrons. The number of pyridine rings is 2. The van der Waals surface area contributed by atoms with Gasteiger partial charge in [-0.05, 0) is 18.2 Å². The smallest absolute Gasteiger partial charge is 0.219 e. The maximum atomic E-state index is 11.2. The lowest BCUT2D eigenvalue weighted by Gasteiger charge is -2.36. The van der Waals surface area contributed by atoms with E-state index in [0.717, 1.165) is 41.8 Å². The Morgan fingerprint density at radius 2 is 2.25 bits per heavy atom. The fourth-order valence-electron chi connectivity index (χ4n) is 2.66. The number of nitrogens with zero attached hydrogens (tertiary/aromatic N) is 3. The molecule has 7 heteroatoms. The van der Waals surface area contributed by atoms with Crippen LogP contribution in [0.5, 0.6) is 0 Å². The molecule has 2 aromatic heterocycles. The van der Waals surface area contributed by atoms with E-state index in [4.69, 9.17) is 17.3 Å². The Labute approximate surface area is 145 Å². The summed E-state index contributed by atoms with van der Waals surface area (Å²) in [6.07, 6.45) is 5.16. The van der Waals surface area contributed by atoms with Gasteiger partial charge in [-0.1, -0.05) is 11.6 Å². The first kappa shape index (κ1) is 16.4. The molecular weight excluding hydrogens is 326 g/mol. The summed E-state index contributed by atoms with van der Waals surface area (Å²) in [6.45, 7) is 4.00. The third-order valence-electron chi connectivity index (χ3n) is 4.08. The first-order valence-corrected chi connectivity index (χ1v) is 8.11. The van der Waals surface area contributed by atoms with Crippen LogP contribution in [0.1, 0.15) is 12.5 Å². The van der Waals surface area contributed by atoms with Crippen molar-refractivity contribution in [1.82, 2.24) is 14.9 Å². The normalized spacial score (nSPS) is 15.9.